The molecule has 1 heterocycles. The van der Waals surface area contributed by atoms with Gasteiger partial charge in [-0.3, -0.25) is 0 Å². The van der Waals surface area contributed by atoms with Crippen molar-refractivity contribution in [1.29, 1.82) is 0 Å². The predicted molar refractivity (Wildman–Crippen MR) is 89.8 cm³/mol. The smallest absolute Gasteiger partial charge is 0.127 e. The lowest BCUT2D eigenvalue weighted by Crippen LogP contribution is -1.99. The van der Waals surface area contributed by atoms with Crippen LogP contribution in [0.2, 0.25) is 0 Å². The number of hydrogen-bond donors (Lipinski definition) is 0. The van der Waals surface area contributed by atoms with Crippen LogP contribution in [0.5, 0.6) is 5.75 Å². The minimum Gasteiger partial charge on any atom is -0.493 e. The van der Waals surface area contributed by atoms with E-state index in [0.717, 1.165) is 39.7 Å². The molecule has 0 amide bonds. The minimum absolute atomic E-state index is 0.0892. The fourth-order valence-corrected chi connectivity index (χ4v) is 3.82. The van der Waals surface area contributed by atoms with E-state index in [-0.39, 0.29) is 5.38 Å². The van der Waals surface area contributed by atoms with Crippen LogP contribution in [0, 0.1) is 0 Å². The Morgan fingerprint density at radius 3 is 2.80 bits per heavy atom. The van der Waals surface area contributed by atoms with Crippen LogP contribution >= 0.6 is 43.5 Å². The van der Waals surface area contributed by atoms with Gasteiger partial charge in [-0.15, -0.1) is 11.6 Å². The molecule has 0 fully saturated rings. The molecule has 1 aliphatic rings. The molecule has 1 unspecified atom stereocenters. The van der Waals surface area contributed by atoms with Gasteiger partial charge in [0.1, 0.15) is 5.75 Å². The second kappa shape index (κ2) is 6.08. The fraction of sp³-hybridized carbons (Fsp3) is 0.250. The molecule has 2 aromatic rings. The summed E-state index contributed by atoms with van der Waals surface area (Å²) < 4.78 is 7.90. The molecular formula is C16H13Br2ClO. The van der Waals surface area contributed by atoms with Gasteiger partial charge in [-0.25, -0.2) is 0 Å². The summed E-state index contributed by atoms with van der Waals surface area (Å²) in [6.45, 7) is 0.749. The summed E-state index contributed by atoms with van der Waals surface area (Å²) in [6.07, 6.45) is 1.75. The summed E-state index contributed by atoms with van der Waals surface area (Å²) in [7, 11) is 0. The third kappa shape index (κ3) is 3.05. The number of rotatable bonds is 3. The lowest BCUT2D eigenvalue weighted by atomic mass is 10.0. The number of hydrogen-bond acceptors (Lipinski definition) is 1. The Hall–Kier alpha value is -0.510. The second-order valence-corrected chi connectivity index (χ2v) is 7.24. The van der Waals surface area contributed by atoms with Crippen LogP contribution in [0.25, 0.3) is 0 Å². The molecule has 20 heavy (non-hydrogen) atoms. The maximum Gasteiger partial charge on any atom is 0.127 e. The molecule has 0 N–H and O–H groups in total. The molecule has 2 aromatic carbocycles. The minimum atomic E-state index is -0.0892. The standard InChI is InChI=1S/C16H13Br2ClO/c17-12-3-1-2-10(6-12)7-15(19)14-9-13(18)8-11-4-5-20-16(11)14/h1-3,6,8-9,15H,4-5,7H2. The number of alkyl halides is 1. The molecule has 1 aliphatic heterocycles. The first-order valence-corrected chi connectivity index (χ1v) is 8.49. The van der Waals surface area contributed by atoms with Crippen molar-refractivity contribution in [2.24, 2.45) is 0 Å². The largest absolute Gasteiger partial charge is 0.493 e. The first-order chi connectivity index (χ1) is 9.63. The Morgan fingerprint density at radius 2 is 2.00 bits per heavy atom. The Morgan fingerprint density at radius 1 is 1.15 bits per heavy atom. The average molecular weight is 417 g/mol. The normalized spacial score (nSPS) is 14.8. The summed E-state index contributed by atoms with van der Waals surface area (Å²) in [5.74, 6) is 0.975. The van der Waals surface area contributed by atoms with Crippen LogP contribution in [0.4, 0.5) is 0 Å². The van der Waals surface area contributed by atoms with Gasteiger partial charge in [-0.05, 0) is 41.8 Å². The van der Waals surface area contributed by atoms with Gasteiger partial charge >= 0.3 is 0 Å². The molecule has 104 valence electrons. The zero-order chi connectivity index (χ0) is 14.1. The van der Waals surface area contributed by atoms with E-state index in [1.54, 1.807) is 0 Å². The van der Waals surface area contributed by atoms with Crippen molar-refractivity contribution in [2.75, 3.05) is 6.61 Å². The number of benzene rings is 2. The highest BCUT2D eigenvalue weighted by molar-refractivity contribution is 9.10. The van der Waals surface area contributed by atoms with E-state index >= 15 is 0 Å². The van der Waals surface area contributed by atoms with Gasteiger partial charge in [-0.1, -0.05) is 44.0 Å². The second-order valence-electron chi connectivity index (χ2n) is 4.88. The van der Waals surface area contributed by atoms with E-state index < -0.39 is 0 Å². The van der Waals surface area contributed by atoms with Gasteiger partial charge < -0.3 is 4.74 Å². The van der Waals surface area contributed by atoms with Gasteiger partial charge in [0, 0.05) is 20.9 Å². The highest BCUT2D eigenvalue weighted by atomic mass is 79.9. The Labute approximate surface area is 140 Å². The molecule has 1 atom stereocenters. The summed E-state index contributed by atoms with van der Waals surface area (Å²) in [5.41, 5.74) is 3.54. The fourth-order valence-electron chi connectivity index (χ4n) is 2.51. The van der Waals surface area contributed by atoms with Crippen LogP contribution in [0.15, 0.2) is 45.3 Å². The van der Waals surface area contributed by atoms with Crippen LogP contribution in [-0.2, 0) is 12.8 Å². The Bertz CT molecular complexity index is 642. The van der Waals surface area contributed by atoms with E-state index in [4.69, 9.17) is 16.3 Å². The molecule has 0 bridgehead atoms. The topological polar surface area (TPSA) is 9.23 Å². The van der Waals surface area contributed by atoms with Crippen molar-refractivity contribution in [1.82, 2.24) is 0 Å². The molecule has 1 nitrogen and oxygen atoms in total. The monoisotopic (exact) mass is 414 g/mol. The molecule has 3 rings (SSSR count). The predicted octanol–water partition coefficient (Wildman–Crippen LogP) is 5.67. The summed E-state index contributed by atoms with van der Waals surface area (Å²) in [4.78, 5) is 0. The average Bonchev–Trinajstić information content (AvgIpc) is 2.85. The van der Waals surface area contributed by atoms with Crippen LogP contribution < -0.4 is 4.74 Å². The van der Waals surface area contributed by atoms with E-state index in [0.29, 0.717) is 0 Å². The van der Waals surface area contributed by atoms with E-state index in [2.05, 4.69) is 56.1 Å². The zero-order valence-corrected chi connectivity index (χ0v) is 14.6. The molecule has 4 heteroatoms. The summed E-state index contributed by atoms with van der Waals surface area (Å²) in [5, 5.41) is -0.0892. The third-order valence-corrected chi connectivity index (χ3v) is 4.76. The van der Waals surface area contributed by atoms with Crippen LogP contribution in [0.3, 0.4) is 0 Å². The highest BCUT2D eigenvalue weighted by Gasteiger charge is 2.22. The SMILES string of the molecule is ClC(Cc1cccc(Br)c1)c1cc(Br)cc2c1OCC2. The molecular weight excluding hydrogens is 403 g/mol. The van der Waals surface area contributed by atoms with Gasteiger partial charge in [0.15, 0.2) is 0 Å². The van der Waals surface area contributed by atoms with Crippen molar-refractivity contribution < 1.29 is 4.74 Å². The molecule has 0 aliphatic carbocycles. The molecule has 0 saturated carbocycles. The lowest BCUT2D eigenvalue weighted by Gasteiger charge is -2.15. The summed E-state index contributed by atoms with van der Waals surface area (Å²) in [6, 6.07) is 12.4. The van der Waals surface area contributed by atoms with Crippen molar-refractivity contribution >= 4 is 43.5 Å². The molecule has 0 saturated heterocycles. The van der Waals surface area contributed by atoms with Gasteiger partial charge in [0.2, 0.25) is 0 Å². The van der Waals surface area contributed by atoms with Crippen molar-refractivity contribution in [2.45, 2.75) is 18.2 Å². The van der Waals surface area contributed by atoms with Gasteiger partial charge in [0.25, 0.3) is 0 Å². The quantitative estimate of drug-likeness (QED) is 0.586. The third-order valence-electron chi connectivity index (χ3n) is 3.42. The molecule has 0 radical (unpaired) electrons. The first kappa shape index (κ1) is 14.4. The van der Waals surface area contributed by atoms with Crippen LogP contribution in [0.1, 0.15) is 22.1 Å². The highest BCUT2D eigenvalue weighted by Crippen LogP contribution is 2.40. The van der Waals surface area contributed by atoms with Crippen LogP contribution in [-0.4, -0.2) is 6.61 Å². The van der Waals surface area contributed by atoms with Gasteiger partial charge in [-0.2, -0.15) is 0 Å². The first-order valence-electron chi connectivity index (χ1n) is 6.47. The lowest BCUT2D eigenvalue weighted by molar-refractivity contribution is 0.353. The maximum absolute atomic E-state index is 6.63. The number of halogens is 3. The molecule has 0 aromatic heterocycles. The van der Waals surface area contributed by atoms with E-state index in [9.17, 15) is 0 Å². The Balaban J connectivity index is 1.89. The van der Waals surface area contributed by atoms with E-state index in [1.807, 2.05) is 12.1 Å². The zero-order valence-electron chi connectivity index (χ0n) is 10.7. The van der Waals surface area contributed by atoms with E-state index in [1.165, 1.54) is 11.1 Å². The summed E-state index contributed by atoms with van der Waals surface area (Å²) >= 11 is 13.7. The van der Waals surface area contributed by atoms with Crippen molar-refractivity contribution in [3.63, 3.8) is 0 Å². The number of fused-ring (bicyclic) bond motifs is 1. The van der Waals surface area contributed by atoms with Gasteiger partial charge in [0.05, 0.1) is 12.0 Å². The number of ether oxygens (including phenoxy) is 1. The van der Waals surface area contributed by atoms with Crippen molar-refractivity contribution in [3.05, 3.63) is 62.0 Å². The van der Waals surface area contributed by atoms with Crippen molar-refractivity contribution in [3.8, 4) is 5.75 Å². The molecule has 0 spiro atoms. The Kier molecular flexibility index (Phi) is 4.39. The maximum atomic E-state index is 6.63.